The number of thiazole rings is 1. The molecule has 4 unspecified atom stereocenters. The molecule has 39 heavy (non-hydrogen) atoms. The van der Waals surface area contributed by atoms with Gasteiger partial charge in [0.25, 0.3) is 0 Å². The van der Waals surface area contributed by atoms with Crippen molar-refractivity contribution >= 4 is 27.7 Å². The first kappa shape index (κ1) is 25.1. The highest BCUT2D eigenvalue weighted by atomic mass is 32.1. The second kappa shape index (κ2) is 8.66. The molecule has 8 rings (SSSR count). The third-order valence-corrected chi connectivity index (χ3v) is 13.6. The first-order chi connectivity index (χ1) is 18.8. The van der Waals surface area contributed by atoms with Crippen molar-refractivity contribution < 1.29 is 9.47 Å². The largest absolute Gasteiger partial charge is 0.349 e. The van der Waals surface area contributed by atoms with Crippen molar-refractivity contribution in [3.8, 4) is 0 Å². The Labute approximate surface area is 238 Å². The predicted molar refractivity (Wildman–Crippen MR) is 158 cm³/mol. The van der Waals surface area contributed by atoms with Gasteiger partial charge in [0.2, 0.25) is 0 Å². The molecule has 0 bridgehead atoms. The normalized spacial score (nSPS) is 46.1. The SMILES string of the molecule is CC1[C@H]2[C@H](C[C@H]3C4CC=C5c6sc(Nc7ccccc7)nc6CC[C@]5(C)C4CC[C@@]32C)OC12CC[C@@H](C)CO2. The third-order valence-electron chi connectivity index (χ3n) is 12.6. The molecule has 1 N–H and O–H groups in total. The molecule has 4 fully saturated rings. The van der Waals surface area contributed by atoms with Crippen LogP contribution in [0.2, 0.25) is 0 Å². The second-order valence-electron chi connectivity index (χ2n) is 14.5. The summed E-state index contributed by atoms with van der Waals surface area (Å²) in [7, 11) is 0. The summed E-state index contributed by atoms with van der Waals surface area (Å²) in [6.45, 7) is 10.9. The molecule has 5 heteroatoms. The minimum Gasteiger partial charge on any atom is -0.349 e. The van der Waals surface area contributed by atoms with E-state index in [9.17, 15) is 0 Å². The van der Waals surface area contributed by atoms with Gasteiger partial charge >= 0.3 is 0 Å². The van der Waals surface area contributed by atoms with Gasteiger partial charge in [-0.15, -0.1) is 0 Å². The zero-order valence-corrected chi connectivity index (χ0v) is 24.9. The van der Waals surface area contributed by atoms with E-state index in [4.69, 9.17) is 14.5 Å². The maximum atomic E-state index is 6.99. The summed E-state index contributed by atoms with van der Waals surface area (Å²) in [6, 6.07) is 10.5. The maximum absolute atomic E-state index is 6.99. The van der Waals surface area contributed by atoms with E-state index in [1.807, 2.05) is 11.3 Å². The van der Waals surface area contributed by atoms with E-state index < -0.39 is 0 Å². The van der Waals surface area contributed by atoms with E-state index in [1.54, 1.807) is 5.57 Å². The Kier molecular flexibility index (Phi) is 5.56. The van der Waals surface area contributed by atoms with Crippen LogP contribution in [0.3, 0.4) is 0 Å². The van der Waals surface area contributed by atoms with Crippen LogP contribution >= 0.6 is 11.3 Å². The fourth-order valence-corrected chi connectivity index (χ4v) is 11.8. The van der Waals surface area contributed by atoms with E-state index in [0.717, 1.165) is 48.0 Å². The van der Waals surface area contributed by atoms with E-state index in [1.165, 1.54) is 49.1 Å². The quantitative estimate of drug-likeness (QED) is 0.412. The lowest BCUT2D eigenvalue weighted by molar-refractivity contribution is -0.272. The first-order valence-corrected chi connectivity index (χ1v) is 16.5. The van der Waals surface area contributed by atoms with Crippen LogP contribution in [0.25, 0.3) is 5.57 Å². The number of fused-ring (bicyclic) bond motifs is 9. The smallest absolute Gasteiger partial charge is 0.187 e. The van der Waals surface area contributed by atoms with Crippen LogP contribution in [0.15, 0.2) is 36.4 Å². The van der Waals surface area contributed by atoms with Gasteiger partial charge in [0.1, 0.15) is 0 Å². The average Bonchev–Trinajstić information content (AvgIpc) is 3.55. The highest BCUT2D eigenvalue weighted by molar-refractivity contribution is 7.16. The second-order valence-corrected chi connectivity index (χ2v) is 15.5. The lowest BCUT2D eigenvalue weighted by Gasteiger charge is -2.57. The summed E-state index contributed by atoms with van der Waals surface area (Å²) < 4.78 is 13.5. The number of rotatable bonds is 2. The molecule has 4 nitrogen and oxygen atoms in total. The van der Waals surface area contributed by atoms with Gasteiger partial charge in [0.05, 0.1) is 23.3 Å². The van der Waals surface area contributed by atoms with Crippen molar-refractivity contribution in [2.45, 2.75) is 91.0 Å². The number of nitrogens with one attached hydrogen (secondary N) is 1. The Bertz CT molecular complexity index is 1300. The van der Waals surface area contributed by atoms with Crippen molar-refractivity contribution in [3.63, 3.8) is 0 Å². The van der Waals surface area contributed by atoms with Gasteiger partial charge in [-0.25, -0.2) is 4.98 Å². The summed E-state index contributed by atoms with van der Waals surface area (Å²) in [5, 5.41) is 4.61. The fraction of sp³-hybridized carbons (Fsp3) is 0.676. The van der Waals surface area contributed by atoms with Crippen LogP contribution in [-0.2, 0) is 15.9 Å². The van der Waals surface area contributed by atoms with E-state index in [-0.39, 0.29) is 11.2 Å². The summed E-state index contributed by atoms with van der Waals surface area (Å²) in [5.74, 6) is 3.80. The van der Waals surface area contributed by atoms with Crippen molar-refractivity contribution in [1.82, 2.24) is 4.98 Å². The Morgan fingerprint density at radius 1 is 1.03 bits per heavy atom. The number of aryl methyl sites for hydroxylation is 1. The number of benzene rings is 1. The van der Waals surface area contributed by atoms with Crippen LogP contribution in [-0.4, -0.2) is 23.5 Å². The van der Waals surface area contributed by atoms with Gasteiger partial charge in [-0.1, -0.05) is 63.3 Å². The van der Waals surface area contributed by atoms with E-state index in [2.05, 4.69) is 69.4 Å². The molecule has 1 aromatic heterocycles. The molecular weight excluding hydrogens is 500 g/mol. The molecule has 2 saturated carbocycles. The van der Waals surface area contributed by atoms with Crippen molar-refractivity contribution in [1.29, 1.82) is 0 Å². The highest BCUT2D eigenvalue weighted by Gasteiger charge is 2.68. The number of para-hydroxylation sites is 1. The fourth-order valence-electron chi connectivity index (χ4n) is 10.6. The third kappa shape index (κ3) is 3.51. The van der Waals surface area contributed by atoms with Gasteiger partial charge < -0.3 is 14.8 Å². The molecule has 208 valence electrons. The van der Waals surface area contributed by atoms with Gasteiger partial charge in [-0.3, -0.25) is 0 Å². The van der Waals surface area contributed by atoms with Crippen molar-refractivity contribution in [2.24, 2.45) is 46.3 Å². The predicted octanol–water partition coefficient (Wildman–Crippen LogP) is 8.47. The van der Waals surface area contributed by atoms with E-state index >= 15 is 0 Å². The molecule has 2 aromatic rings. The molecule has 2 aliphatic heterocycles. The molecular formula is C34H44N2O2S. The lowest BCUT2D eigenvalue weighted by Crippen LogP contribution is -2.51. The number of anilines is 2. The average molecular weight is 545 g/mol. The molecule has 1 spiro atoms. The maximum Gasteiger partial charge on any atom is 0.187 e. The van der Waals surface area contributed by atoms with Crippen LogP contribution < -0.4 is 5.32 Å². The number of hydrogen-bond donors (Lipinski definition) is 1. The minimum atomic E-state index is -0.310. The summed E-state index contributed by atoms with van der Waals surface area (Å²) in [6.07, 6.45) is 12.9. The molecule has 1 aromatic carbocycles. The molecule has 2 saturated heterocycles. The Morgan fingerprint density at radius 2 is 1.87 bits per heavy atom. The monoisotopic (exact) mass is 544 g/mol. The van der Waals surface area contributed by atoms with Crippen LogP contribution in [0.1, 0.15) is 83.2 Å². The summed E-state index contributed by atoms with van der Waals surface area (Å²) >= 11 is 1.87. The zero-order chi connectivity index (χ0) is 26.6. The molecule has 6 aliphatic rings. The van der Waals surface area contributed by atoms with Gasteiger partial charge in [0, 0.05) is 18.0 Å². The highest BCUT2D eigenvalue weighted by Crippen LogP contribution is 2.71. The topological polar surface area (TPSA) is 43.4 Å². The first-order valence-electron chi connectivity index (χ1n) is 15.7. The van der Waals surface area contributed by atoms with E-state index in [0.29, 0.717) is 29.3 Å². The molecule has 0 amide bonds. The Hall–Kier alpha value is -1.69. The summed E-state index contributed by atoms with van der Waals surface area (Å²) in [4.78, 5) is 6.53. The number of hydrogen-bond acceptors (Lipinski definition) is 5. The lowest BCUT2D eigenvalue weighted by atomic mass is 9.47. The van der Waals surface area contributed by atoms with Crippen LogP contribution in [0.4, 0.5) is 10.8 Å². The van der Waals surface area contributed by atoms with Gasteiger partial charge in [-0.05, 0) is 103 Å². The Balaban J connectivity index is 1.07. The van der Waals surface area contributed by atoms with Crippen molar-refractivity contribution in [2.75, 3.05) is 11.9 Å². The number of aromatic nitrogens is 1. The molecule has 10 atom stereocenters. The van der Waals surface area contributed by atoms with Gasteiger partial charge in [0.15, 0.2) is 10.9 Å². The summed E-state index contributed by atoms with van der Waals surface area (Å²) in [5.41, 5.74) is 4.68. The zero-order valence-electron chi connectivity index (χ0n) is 24.0. The standard InChI is InChI=1S/C34H44N2O2S/c1-20-12-17-34(37-19-20)21(2)29-28(38-34)18-26-23-10-11-25-30-27(36-31(39-30)35-22-8-6-5-7-9-22)14-16-32(25,3)24(23)13-15-33(26,29)4/h5-9,11,20-21,23-24,26,28-29H,10,12-19H2,1-4H3,(H,35,36)/t20-,21?,23?,24?,26+,28+,29+,32-,33+,34?/m1/s1. The minimum absolute atomic E-state index is 0.266. The van der Waals surface area contributed by atoms with Gasteiger partial charge in [-0.2, -0.15) is 0 Å². The molecule has 4 aliphatic carbocycles. The number of nitrogens with zero attached hydrogens (tertiary/aromatic N) is 1. The molecule has 3 heterocycles. The number of ether oxygens (including phenoxy) is 2. The van der Waals surface area contributed by atoms with Crippen molar-refractivity contribution in [3.05, 3.63) is 47.0 Å². The van der Waals surface area contributed by atoms with Crippen LogP contribution in [0.5, 0.6) is 0 Å². The molecule has 0 radical (unpaired) electrons. The van der Waals surface area contributed by atoms with Crippen LogP contribution in [0, 0.1) is 46.3 Å². The Morgan fingerprint density at radius 3 is 2.67 bits per heavy atom. The number of allylic oxidation sites excluding steroid dienone is 2.